The van der Waals surface area contributed by atoms with Gasteiger partial charge in [0.05, 0.1) is 6.61 Å². The maximum absolute atomic E-state index is 8.95. The third-order valence-electron chi connectivity index (χ3n) is 2.37. The maximum atomic E-state index is 8.95. The van der Waals surface area contributed by atoms with Gasteiger partial charge in [-0.05, 0) is 19.3 Å². The highest BCUT2D eigenvalue weighted by Crippen LogP contribution is 2.56. The second kappa shape index (κ2) is 2.55. The lowest BCUT2D eigenvalue weighted by Crippen LogP contribution is -2.11. The van der Waals surface area contributed by atoms with Crippen molar-refractivity contribution in [3.8, 4) is 0 Å². The molecule has 0 unspecified atom stereocenters. The van der Waals surface area contributed by atoms with Gasteiger partial charge in [0.25, 0.3) is 0 Å². The molecule has 58 valence electrons. The lowest BCUT2D eigenvalue weighted by molar-refractivity contribution is 0.218. The van der Waals surface area contributed by atoms with Crippen LogP contribution in [0, 0.1) is 11.3 Å². The summed E-state index contributed by atoms with van der Waals surface area (Å²) in [5.41, 5.74) is 1.14. The summed E-state index contributed by atoms with van der Waals surface area (Å²) in [6.45, 7) is 6.04. The van der Waals surface area contributed by atoms with E-state index in [0.29, 0.717) is 11.8 Å². The molecule has 2 heteroatoms. The van der Waals surface area contributed by atoms with Crippen molar-refractivity contribution >= 4 is 11.6 Å². The standard InChI is InChI=1S/C8H13ClO/c1-6(2)7-3-8(7,4-9)5-10/h7,10H,1,3-5H2,2H3/t7-,8-/m0/s1. The fraction of sp³-hybridized carbons (Fsp3) is 0.750. The molecule has 0 bridgehead atoms. The molecule has 0 aliphatic heterocycles. The van der Waals surface area contributed by atoms with Crippen molar-refractivity contribution in [2.75, 3.05) is 12.5 Å². The molecule has 10 heavy (non-hydrogen) atoms. The third kappa shape index (κ3) is 1.08. The number of allylic oxidation sites excluding steroid dienone is 1. The molecular formula is C8H13ClO. The van der Waals surface area contributed by atoms with Crippen LogP contribution in [0.2, 0.25) is 0 Å². The normalized spacial score (nSPS) is 37.7. The molecule has 1 fully saturated rings. The first-order chi connectivity index (χ1) is 4.66. The van der Waals surface area contributed by atoms with Crippen molar-refractivity contribution in [3.05, 3.63) is 12.2 Å². The first-order valence-corrected chi connectivity index (χ1v) is 4.02. The minimum absolute atomic E-state index is 0.00656. The lowest BCUT2D eigenvalue weighted by Gasteiger charge is -2.08. The average Bonchev–Trinajstić information content (AvgIpc) is 2.63. The van der Waals surface area contributed by atoms with Crippen LogP contribution in [0.1, 0.15) is 13.3 Å². The molecule has 0 spiro atoms. The Morgan fingerprint density at radius 1 is 1.90 bits per heavy atom. The Hall–Kier alpha value is -0.0100. The number of rotatable bonds is 3. The van der Waals surface area contributed by atoms with Crippen molar-refractivity contribution in [3.63, 3.8) is 0 Å². The first kappa shape index (κ1) is 8.09. The van der Waals surface area contributed by atoms with E-state index < -0.39 is 0 Å². The maximum Gasteiger partial charge on any atom is 0.0504 e. The Morgan fingerprint density at radius 3 is 2.60 bits per heavy atom. The molecule has 0 aromatic rings. The van der Waals surface area contributed by atoms with Gasteiger partial charge in [-0.2, -0.15) is 0 Å². The van der Waals surface area contributed by atoms with Crippen molar-refractivity contribution in [2.45, 2.75) is 13.3 Å². The number of halogens is 1. The van der Waals surface area contributed by atoms with Gasteiger partial charge in [-0.3, -0.25) is 0 Å². The molecule has 0 amide bonds. The number of alkyl halides is 1. The predicted octanol–water partition coefficient (Wildman–Crippen LogP) is 1.80. The third-order valence-corrected chi connectivity index (χ3v) is 2.90. The van der Waals surface area contributed by atoms with Gasteiger partial charge in [-0.25, -0.2) is 0 Å². The summed E-state index contributed by atoms with van der Waals surface area (Å²) in [6, 6.07) is 0. The zero-order valence-corrected chi connectivity index (χ0v) is 6.99. The fourth-order valence-electron chi connectivity index (χ4n) is 1.41. The highest BCUT2D eigenvalue weighted by Gasteiger charge is 2.53. The summed E-state index contributed by atoms with van der Waals surface area (Å²) >= 11 is 5.69. The molecule has 1 nitrogen and oxygen atoms in total. The largest absolute Gasteiger partial charge is 0.396 e. The van der Waals surface area contributed by atoms with Gasteiger partial charge in [0.2, 0.25) is 0 Å². The smallest absolute Gasteiger partial charge is 0.0504 e. The Balaban J connectivity index is 2.53. The van der Waals surface area contributed by atoms with Crippen LogP contribution < -0.4 is 0 Å². The summed E-state index contributed by atoms with van der Waals surface area (Å²) in [5.74, 6) is 1.02. The molecule has 2 atom stereocenters. The van der Waals surface area contributed by atoms with E-state index in [0.717, 1.165) is 12.0 Å². The Labute approximate surface area is 66.7 Å². The van der Waals surface area contributed by atoms with Crippen LogP contribution in [0.15, 0.2) is 12.2 Å². The van der Waals surface area contributed by atoms with Gasteiger partial charge in [-0.1, -0.05) is 12.2 Å². The molecular weight excluding hydrogens is 148 g/mol. The highest BCUT2D eigenvalue weighted by molar-refractivity contribution is 6.18. The topological polar surface area (TPSA) is 20.2 Å². The molecule has 1 rings (SSSR count). The summed E-state index contributed by atoms with van der Waals surface area (Å²) in [7, 11) is 0. The molecule has 1 aliphatic carbocycles. The monoisotopic (exact) mass is 160 g/mol. The summed E-state index contributed by atoms with van der Waals surface area (Å²) < 4.78 is 0. The molecule has 1 aliphatic rings. The molecule has 0 saturated heterocycles. The summed E-state index contributed by atoms with van der Waals surface area (Å²) in [4.78, 5) is 0. The van der Waals surface area contributed by atoms with E-state index in [-0.39, 0.29) is 12.0 Å². The van der Waals surface area contributed by atoms with Crippen molar-refractivity contribution in [2.24, 2.45) is 11.3 Å². The molecule has 1 N–H and O–H groups in total. The van der Waals surface area contributed by atoms with Gasteiger partial charge in [-0.15, -0.1) is 11.6 Å². The Bertz CT molecular complexity index is 149. The first-order valence-electron chi connectivity index (χ1n) is 3.48. The van der Waals surface area contributed by atoms with Crippen LogP contribution in [0.3, 0.4) is 0 Å². The minimum atomic E-state index is -0.00656. The van der Waals surface area contributed by atoms with E-state index in [9.17, 15) is 0 Å². The number of aliphatic hydroxyl groups excluding tert-OH is 1. The van der Waals surface area contributed by atoms with Crippen LogP contribution >= 0.6 is 11.6 Å². The SMILES string of the molecule is C=C(C)[C@@H]1C[C@@]1(CO)CCl. The zero-order valence-electron chi connectivity index (χ0n) is 6.23. The Morgan fingerprint density at radius 2 is 2.50 bits per heavy atom. The second-order valence-corrected chi connectivity index (χ2v) is 3.52. The molecule has 0 aromatic heterocycles. The van der Waals surface area contributed by atoms with Crippen LogP contribution in [-0.2, 0) is 0 Å². The quantitative estimate of drug-likeness (QED) is 0.493. The Kier molecular flexibility index (Phi) is 2.07. The van der Waals surface area contributed by atoms with Gasteiger partial charge in [0.1, 0.15) is 0 Å². The van der Waals surface area contributed by atoms with Crippen LogP contribution in [-0.4, -0.2) is 17.6 Å². The van der Waals surface area contributed by atoms with Gasteiger partial charge < -0.3 is 5.11 Å². The summed E-state index contributed by atoms with van der Waals surface area (Å²) in [5, 5.41) is 8.95. The van der Waals surface area contributed by atoms with Crippen LogP contribution in [0.25, 0.3) is 0 Å². The van der Waals surface area contributed by atoms with E-state index in [2.05, 4.69) is 6.58 Å². The van der Waals surface area contributed by atoms with Gasteiger partial charge in [0, 0.05) is 11.3 Å². The van der Waals surface area contributed by atoms with E-state index in [4.69, 9.17) is 16.7 Å². The van der Waals surface area contributed by atoms with Gasteiger partial charge >= 0.3 is 0 Å². The number of aliphatic hydroxyl groups is 1. The average molecular weight is 161 g/mol. The van der Waals surface area contributed by atoms with E-state index in [1.165, 1.54) is 0 Å². The molecule has 0 aromatic carbocycles. The van der Waals surface area contributed by atoms with E-state index in [1.807, 2.05) is 6.92 Å². The molecule has 0 heterocycles. The fourth-order valence-corrected chi connectivity index (χ4v) is 1.79. The predicted molar refractivity (Wildman–Crippen MR) is 43.2 cm³/mol. The lowest BCUT2D eigenvalue weighted by atomic mass is 10.0. The van der Waals surface area contributed by atoms with Crippen molar-refractivity contribution in [1.82, 2.24) is 0 Å². The molecule has 1 saturated carbocycles. The second-order valence-electron chi connectivity index (χ2n) is 3.26. The number of hydrogen-bond acceptors (Lipinski definition) is 1. The summed E-state index contributed by atoms with van der Waals surface area (Å²) in [6.07, 6.45) is 1.02. The number of hydrogen-bond donors (Lipinski definition) is 1. The zero-order chi connectivity index (χ0) is 7.78. The molecule has 0 radical (unpaired) electrons. The minimum Gasteiger partial charge on any atom is -0.396 e. The van der Waals surface area contributed by atoms with Crippen LogP contribution in [0.5, 0.6) is 0 Å². The van der Waals surface area contributed by atoms with Crippen LogP contribution in [0.4, 0.5) is 0 Å². The highest BCUT2D eigenvalue weighted by atomic mass is 35.5. The van der Waals surface area contributed by atoms with Gasteiger partial charge in [0.15, 0.2) is 0 Å². The van der Waals surface area contributed by atoms with E-state index in [1.54, 1.807) is 0 Å². The van der Waals surface area contributed by atoms with Crippen molar-refractivity contribution in [1.29, 1.82) is 0 Å². The van der Waals surface area contributed by atoms with Crippen molar-refractivity contribution < 1.29 is 5.11 Å². The van der Waals surface area contributed by atoms with E-state index >= 15 is 0 Å².